The minimum atomic E-state index is 0.159. The summed E-state index contributed by atoms with van der Waals surface area (Å²) in [6.45, 7) is 1.60. The minimum absolute atomic E-state index is 0.159. The Labute approximate surface area is 146 Å². The third kappa shape index (κ3) is 4.01. The second-order valence-corrected chi connectivity index (χ2v) is 6.09. The summed E-state index contributed by atoms with van der Waals surface area (Å²) in [5, 5.41) is 0. The van der Waals surface area contributed by atoms with Gasteiger partial charge in [-0.15, -0.1) is 0 Å². The molecule has 0 radical (unpaired) electrons. The van der Waals surface area contributed by atoms with Gasteiger partial charge in [-0.3, -0.25) is 0 Å². The first-order valence-corrected chi connectivity index (χ1v) is 8.07. The fraction of sp³-hybridized carbons (Fsp3) is 0.150. The number of anilines is 2. The summed E-state index contributed by atoms with van der Waals surface area (Å²) in [6, 6.07) is 11.7. The molecule has 126 valence electrons. The molecule has 0 fully saturated rings. The molecule has 0 spiro atoms. The van der Waals surface area contributed by atoms with Crippen LogP contribution in [-0.2, 0) is 11.2 Å². The van der Waals surface area contributed by atoms with Crippen LogP contribution in [0, 0.1) is 0 Å². The highest BCUT2D eigenvalue weighted by Crippen LogP contribution is 2.31. The van der Waals surface area contributed by atoms with E-state index < -0.39 is 0 Å². The number of aromatic nitrogens is 2. The van der Waals surface area contributed by atoms with Crippen LogP contribution < -0.4 is 11.5 Å². The molecule has 1 aromatic heterocycles. The van der Waals surface area contributed by atoms with Gasteiger partial charge in [-0.1, -0.05) is 18.2 Å². The van der Waals surface area contributed by atoms with Gasteiger partial charge < -0.3 is 16.3 Å². The molecule has 1 heterocycles. The number of ketones is 1. The zero-order valence-corrected chi connectivity index (χ0v) is 14.1. The quantitative estimate of drug-likeness (QED) is 0.697. The second kappa shape index (κ2) is 7.13. The van der Waals surface area contributed by atoms with E-state index in [-0.39, 0.29) is 5.78 Å². The Kier molecular flexibility index (Phi) is 4.75. The molecule has 4 N–H and O–H groups in total. The molecule has 5 heteroatoms. The van der Waals surface area contributed by atoms with Crippen molar-refractivity contribution in [3.8, 4) is 22.3 Å². The molecule has 2 aromatic carbocycles. The number of nitrogens with two attached hydrogens (primary N) is 2. The second-order valence-electron chi connectivity index (χ2n) is 6.09. The normalized spacial score (nSPS) is 10.6. The molecule has 0 aliphatic heterocycles. The van der Waals surface area contributed by atoms with Gasteiger partial charge in [-0.05, 0) is 53.8 Å². The van der Waals surface area contributed by atoms with E-state index in [0.717, 1.165) is 27.8 Å². The van der Waals surface area contributed by atoms with Gasteiger partial charge in [0.2, 0.25) is 0 Å². The van der Waals surface area contributed by atoms with Crippen LogP contribution in [0.5, 0.6) is 0 Å². The molecule has 0 unspecified atom stereocenters. The summed E-state index contributed by atoms with van der Waals surface area (Å²) >= 11 is 0. The molecule has 25 heavy (non-hydrogen) atoms. The molecular weight excluding hydrogens is 312 g/mol. The number of aryl methyl sites for hydroxylation is 1. The Morgan fingerprint density at radius 1 is 0.920 bits per heavy atom. The highest BCUT2D eigenvalue weighted by atomic mass is 16.1. The zero-order chi connectivity index (χ0) is 17.8. The smallest absolute Gasteiger partial charge is 0.130 e. The number of nitrogen functional groups attached to an aromatic ring is 2. The molecule has 0 aliphatic rings. The standard InChI is InChI=1S/C20H20N4O/c1-13(25)2-3-15-6-14(17-10-23-12-24-11-17)4-5-20(15)16-7-18(21)9-19(22)8-16/h4-12H,2-3,21-22H2,1H3. The van der Waals surface area contributed by atoms with Gasteiger partial charge in [0.25, 0.3) is 0 Å². The van der Waals surface area contributed by atoms with Crippen LogP contribution >= 0.6 is 0 Å². The number of carbonyl (C=O) groups is 1. The van der Waals surface area contributed by atoms with E-state index in [2.05, 4.69) is 16.0 Å². The largest absolute Gasteiger partial charge is 0.399 e. The molecule has 0 atom stereocenters. The van der Waals surface area contributed by atoms with Crippen LogP contribution in [0.1, 0.15) is 18.9 Å². The fourth-order valence-electron chi connectivity index (χ4n) is 2.85. The van der Waals surface area contributed by atoms with Crippen LogP contribution in [0.3, 0.4) is 0 Å². The van der Waals surface area contributed by atoms with Crippen LogP contribution in [0.15, 0.2) is 55.1 Å². The van der Waals surface area contributed by atoms with Gasteiger partial charge in [-0.2, -0.15) is 0 Å². The molecule has 5 nitrogen and oxygen atoms in total. The summed E-state index contributed by atoms with van der Waals surface area (Å²) in [7, 11) is 0. The van der Waals surface area contributed by atoms with Crippen molar-refractivity contribution in [3.05, 3.63) is 60.7 Å². The van der Waals surface area contributed by atoms with E-state index in [1.807, 2.05) is 24.3 Å². The van der Waals surface area contributed by atoms with Crippen molar-refractivity contribution < 1.29 is 4.79 Å². The molecular formula is C20H20N4O. The van der Waals surface area contributed by atoms with Gasteiger partial charge in [0.1, 0.15) is 12.1 Å². The lowest BCUT2D eigenvalue weighted by atomic mass is 9.92. The van der Waals surface area contributed by atoms with E-state index in [9.17, 15) is 4.79 Å². The summed E-state index contributed by atoms with van der Waals surface area (Å²) < 4.78 is 0. The average Bonchev–Trinajstić information content (AvgIpc) is 2.59. The van der Waals surface area contributed by atoms with E-state index in [1.165, 1.54) is 6.33 Å². The number of Topliss-reactive ketones (excluding diaryl/α,β-unsaturated/α-hetero) is 1. The first-order chi connectivity index (χ1) is 12.0. The molecule has 0 aliphatic carbocycles. The maximum absolute atomic E-state index is 11.5. The molecule has 0 saturated heterocycles. The lowest BCUT2D eigenvalue weighted by molar-refractivity contribution is -0.116. The number of hydrogen-bond acceptors (Lipinski definition) is 5. The third-order valence-corrected chi connectivity index (χ3v) is 4.03. The van der Waals surface area contributed by atoms with Crippen LogP contribution in [0.4, 0.5) is 11.4 Å². The number of hydrogen-bond donors (Lipinski definition) is 2. The van der Waals surface area contributed by atoms with Crippen molar-refractivity contribution in [1.29, 1.82) is 0 Å². The maximum atomic E-state index is 11.5. The Morgan fingerprint density at radius 3 is 2.24 bits per heavy atom. The van der Waals surface area contributed by atoms with Gasteiger partial charge in [-0.25, -0.2) is 9.97 Å². The van der Waals surface area contributed by atoms with Crippen molar-refractivity contribution in [2.45, 2.75) is 19.8 Å². The first-order valence-electron chi connectivity index (χ1n) is 8.07. The molecule has 3 rings (SSSR count). The van der Waals surface area contributed by atoms with Crippen LogP contribution in [0.25, 0.3) is 22.3 Å². The van der Waals surface area contributed by atoms with Crippen molar-refractivity contribution >= 4 is 17.2 Å². The maximum Gasteiger partial charge on any atom is 0.130 e. The lowest BCUT2D eigenvalue weighted by Gasteiger charge is -2.13. The Bertz CT molecular complexity index is 887. The Hall–Kier alpha value is -3.21. The zero-order valence-electron chi connectivity index (χ0n) is 14.1. The van der Waals surface area contributed by atoms with Crippen LogP contribution in [0.2, 0.25) is 0 Å². The monoisotopic (exact) mass is 332 g/mol. The van der Waals surface area contributed by atoms with E-state index in [4.69, 9.17) is 11.5 Å². The predicted octanol–water partition coefficient (Wildman–Crippen LogP) is 3.50. The highest BCUT2D eigenvalue weighted by molar-refractivity contribution is 5.79. The molecule has 0 bridgehead atoms. The number of rotatable bonds is 5. The molecule has 3 aromatic rings. The summed E-state index contributed by atoms with van der Waals surface area (Å²) in [5.74, 6) is 0.159. The predicted molar refractivity (Wildman–Crippen MR) is 101 cm³/mol. The van der Waals surface area contributed by atoms with Gasteiger partial charge in [0.15, 0.2) is 0 Å². The average molecular weight is 332 g/mol. The highest BCUT2D eigenvalue weighted by Gasteiger charge is 2.10. The van der Waals surface area contributed by atoms with Crippen molar-refractivity contribution in [3.63, 3.8) is 0 Å². The molecule has 0 amide bonds. The number of nitrogens with zero attached hydrogens (tertiary/aromatic N) is 2. The number of benzene rings is 2. The van der Waals surface area contributed by atoms with E-state index in [0.29, 0.717) is 24.2 Å². The SMILES string of the molecule is CC(=O)CCc1cc(-c2cncnc2)ccc1-c1cc(N)cc(N)c1. The van der Waals surface area contributed by atoms with Crippen LogP contribution in [-0.4, -0.2) is 15.8 Å². The lowest BCUT2D eigenvalue weighted by Crippen LogP contribution is -1.98. The Morgan fingerprint density at radius 2 is 1.60 bits per heavy atom. The van der Waals surface area contributed by atoms with Gasteiger partial charge in [0, 0.05) is 35.8 Å². The minimum Gasteiger partial charge on any atom is -0.399 e. The Balaban J connectivity index is 2.09. The summed E-state index contributed by atoms with van der Waals surface area (Å²) in [5.41, 5.74) is 18.1. The van der Waals surface area contributed by atoms with Crippen molar-refractivity contribution in [2.75, 3.05) is 11.5 Å². The van der Waals surface area contributed by atoms with Gasteiger partial charge >= 0.3 is 0 Å². The van der Waals surface area contributed by atoms with Crippen molar-refractivity contribution in [2.24, 2.45) is 0 Å². The van der Waals surface area contributed by atoms with E-state index in [1.54, 1.807) is 25.4 Å². The van der Waals surface area contributed by atoms with Gasteiger partial charge in [0.05, 0.1) is 0 Å². The topological polar surface area (TPSA) is 94.9 Å². The first kappa shape index (κ1) is 16.6. The summed E-state index contributed by atoms with van der Waals surface area (Å²) in [4.78, 5) is 19.6. The fourth-order valence-corrected chi connectivity index (χ4v) is 2.85. The third-order valence-electron chi connectivity index (χ3n) is 4.03. The number of carbonyl (C=O) groups excluding carboxylic acids is 1. The molecule has 0 saturated carbocycles. The van der Waals surface area contributed by atoms with E-state index >= 15 is 0 Å². The summed E-state index contributed by atoms with van der Waals surface area (Å²) in [6.07, 6.45) is 6.19. The van der Waals surface area contributed by atoms with Crippen molar-refractivity contribution in [1.82, 2.24) is 9.97 Å².